The van der Waals surface area contributed by atoms with Crippen LogP contribution in [0.15, 0.2) is 35.5 Å². The molecule has 0 heterocycles. The summed E-state index contributed by atoms with van der Waals surface area (Å²) < 4.78 is 0. The van der Waals surface area contributed by atoms with Gasteiger partial charge in [0.15, 0.2) is 0 Å². The maximum atomic E-state index is 11.5. The zero-order chi connectivity index (χ0) is 23.0. The Morgan fingerprint density at radius 1 is 1.23 bits per heavy atom. The number of fused-ring (bicyclic) bond motifs is 1. The summed E-state index contributed by atoms with van der Waals surface area (Å²) >= 11 is 0. The van der Waals surface area contributed by atoms with Crippen LogP contribution in [0.1, 0.15) is 85.5 Å². The molecule has 3 rings (SSSR count). The Balaban J connectivity index is 1.77. The highest BCUT2D eigenvalue weighted by Crippen LogP contribution is 2.60. The van der Waals surface area contributed by atoms with E-state index in [2.05, 4.69) is 25.7 Å². The average molecular weight is 433 g/mol. The topological polar surface area (TPSA) is 80.9 Å². The molecule has 4 N–H and O–H groups in total. The first-order valence-electron chi connectivity index (χ1n) is 12.3. The van der Waals surface area contributed by atoms with Gasteiger partial charge in [0.05, 0.1) is 23.9 Å². The highest BCUT2D eigenvalue weighted by molar-refractivity contribution is 5.38. The monoisotopic (exact) mass is 432 g/mol. The molecular formula is C27H44O4. The molecule has 3 saturated carbocycles. The van der Waals surface area contributed by atoms with E-state index in [1.807, 2.05) is 20.8 Å². The predicted molar refractivity (Wildman–Crippen MR) is 125 cm³/mol. The molecule has 0 amide bonds. The second-order valence-corrected chi connectivity index (χ2v) is 11.3. The molecule has 0 radical (unpaired) electrons. The normalized spacial score (nSPS) is 39.7. The quantitative estimate of drug-likeness (QED) is 0.491. The van der Waals surface area contributed by atoms with Gasteiger partial charge < -0.3 is 20.4 Å². The van der Waals surface area contributed by atoms with E-state index in [1.54, 1.807) is 0 Å². The van der Waals surface area contributed by atoms with Crippen LogP contribution in [0.2, 0.25) is 0 Å². The van der Waals surface area contributed by atoms with Gasteiger partial charge >= 0.3 is 0 Å². The maximum Gasteiger partial charge on any atom is 0.0811 e. The number of hydrogen-bond donors (Lipinski definition) is 4. The molecule has 0 unspecified atom stereocenters. The van der Waals surface area contributed by atoms with Crippen molar-refractivity contribution in [3.8, 4) is 0 Å². The first-order valence-corrected chi connectivity index (χ1v) is 12.3. The number of hydrogen-bond acceptors (Lipinski definition) is 4. The Labute approximate surface area is 188 Å². The highest BCUT2D eigenvalue weighted by atomic mass is 16.3. The van der Waals surface area contributed by atoms with Gasteiger partial charge in [-0.15, -0.1) is 0 Å². The lowest BCUT2D eigenvalue weighted by atomic mass is 9.59. The fraction of sp³-hybridized carbons (Fsp3) is 0.778. The molecule has 7 atom stereocenters. The van der Waals surface area contributed by atoms with Crippen LogP contribution in [0.25, 0.3) is 0 Å². The second kappa shape index (κ2) is 9.51. The van der Waals surface area contributed by atoms with Crippen LogP contribution in [-0.4, -0.2) is 44.3 Å². The minimum Gasteiger partial charge on any atom is -0.393 e. The van der Waals surface area contributed by atoms with Gasteiger partial charge in [0, 0.05) is 6.42 Å². The molecule has 0 aromatic rings. The third-order valence-electron chi connectivity index (χ3n) is 8.70. The Kier molecular flexibility index (Phi) is 7.57. The zero-order valence-electron chi connectivity index (χ0n) is 20.0. The highest BCUT2D eigenvalue weighted by Gasteiger charge is 2.54. The van der Waals surface area contributed by atoms with Crippen molar-refractivity contribution in [2.45, 2.75) is 109 Å². The molecule has 3 aliphatic rings. The van der Waals surface area contributed by atoms with E-state index in [9.17, 15) is 20.4 Å². The van der Waals surface area contributed by atoms with E-state index in [-0.39, 0.29) is 23.4 Å². The lowest BCUT2D eigenvalue weighted by molar-refractivity contribution is -0.0722. The van der Waals surface area contributed by atoms with Gasteiger partial charge in [-0.05, 0) is 92.6 Å². The number of rotatable bonds is 6. The van der Waals surface area contributed by atoms with E-state index in [0.717, 1.165) is 43.3 Å². The van der Waals surface area contributed by atoms with Gasteiger partial charge in [0.2, 0.25) is 0 Å². The zero-order valence-corrected chi connectivity index (χ0v) is 20.0. The van der Waals surface area contributed by atoms with E-state index in [4.69, 9.17) is 0 Å². The lowest BCUT2D eigenvalue weighted by Crippen LogP contribution is -2.45. The molecule has 0 aromatic heterocycles. The summed E-state index contributed by atoms with van der Waals surface area (Å²) in [5.41, 5.74) is 2.42. The van der Waals surface area contributed by atoms with Gasteiger partial charge in [0.1, 0.15) is 0 Å². The third kappa shape index (κ3) is 5.19. The molecule has 3 aliphatic carbocycles. The van der Waals surface area contributed by atoms with Crippen LogP contribution in [0.3, 0.4) is 0 Å². The summed E-state index contributed by atoms with van der Waals surface area (Å²) in [5, 5.41) is 41.9. The van der Waals surface area contributed by atoms with Gasteiger partial charge in [0.25, 0.3) is 0 Å². The predicted octanol–water partition coefficient (Wildman–Crippen LogP) is 4.68. The Hall–Kier alpha value is -0.940. The third-order valence-corrected chi connectivity index (χ3v) is 8.70. The van der Waals surface area contributed by atoms with Crippen molar-refractivity contribution in [3.63, 3.8) is 0 Å². The summed E-state index contributed by atoms with van der Waals surface area (Å²) in [7, 11) is 0. The van der Waals surface area contributed by atoms with E-state index in [0.29, 0.717) is 31.6 Å². The van der Waals surface area contributed by atoms with Crippen molar-refractivity contribution in [1.82, 2.24) is 0 Å². The Morgan fingerprint density at radius 3 is 2.61 bits per heavy atom. The van der Waals surface area contributed by atoms with E-state index < -0.39 is 17.8 Å². The van der Waals surface area contributed by atoms with Crippen molar-refractivity contribution in [2.24, 2.45) is 23.2 Å². The van der Waals surface area contributed by atoms with Crippen LogP contribution >= 0.6 is 0 Å². The summed E-state index contributed by atoms with van der Waals surface area (Å²) in [4.78, 5) is 0. The van der Waals surface area contributed by atoms with Crippen molar-refractivity contribution < 1.29 is 20.4 Å². The molecular weight excluding hydrogens is 388 g/mol. The van der Waals surface area contributed by atoms with Gasteiger partial charge in [-0.3, -0.25) is 0 Å². The van der Waals surface area contributed by atoms with Crippen molar-refractivity contribution in [2.75, 3.05) is 0 Å². The summed E-state index contributed by atoms with van der Waals surface area (Å²) in [6, 6.07) is 0. The van der Waals surface area contributed by atoms with Gasteiger partial charge in [-0.1, -0.05) is 45.1 Å². The average Bonchev–Trinajstić information content (AvgIpc) is 3.06. The number of aliphatic hydroxyl groups is 4. The van der Waals surface area contributed by atoms with Crippen LogP contribution < -0.4 is 0 Å². The Bertz CT molecular complexity index is 719. The maximum absolute atomic E-state index is 11.5. The molecule has 176 valence electrons. The van der Waals surface area contributed by atoms with Crippen molar-refractivity contribution >= 4 is 0 Å². The summed E-state index contributed by atoms with van der Waals surface area (Å²) in [5.74, 6) is 0.900. The van der Waals surface area contributed by atoms with Gasteiger partial charge in [-0.25, -0.2) is 0 Å². The molecule has 0 saturated heterocycles. The molecule has 0 aliphatic heterocycles. The summed E-state index contributed by atoms with van der Waals surface area (Å²) in [6.45, 7) is 12.4. The smallest absolute Gasteiger partial charge is 0.0811 e. The van der Waals surface area contributed by atoms with Crippen LogP contribution in [-0.2, 0) is 0 Å². The Morgan fingerprint density at radius 2 is 1.94 bits per heavy atom. The van der Waals surface area contributed by atoms with E-state index >= 15 is 0 Å². The molecule has 4 nitrogen and oxygen atoms in total. The number of aliphatic hydroxyl groups excluding tert-OH is 3. The second-order valence-electron chi connectivity index (χ2n) is 11.3. The minimum atomic E-state index is -0.772. The van der Waals surface area contributed by atoms with Crippen LogP contribution in [0, 0.1) is 23.2 Å². The fourth-order valence-electron chi connectivity index (χ4n) is 6.67. The first kappa shape index (κ1) is 24.7. The molecule has 0 spiro atoms. The van der Waals surface area contributed by atoms with Crippen LogP contribution in [0.4, 0.5) is 0 Å². The SMILES string of the molecule is C=C1/C(=C\C=C2/CCC[C@@]3(C)[C@H]2CC[C@@H]3[C@@](C)(O)CC[C@H](O)C(C)C)C[C@@H](O)C[C@@H]1O. The number of allylic oxidation sites excluding steroid dienone is 3. The fourth-order valence-corrected chi connectivity index (χ4v) is 6.67. The molecule has 31 heavy (non-hydrogen) atoms. The van der Waals surface area contributed by atoms with Crippen molar-refractivity contribution in [3.05, 3.63) is 35.5 Å². The minimum absolute atomic E-state index is 0.0669. The standard InChI is InChI=1S/C27H44O4/c1-17(2)23(29)12-14-27(5,31)25-11-10-22-19(7-6-13-26(22,25)4)8-9-20-15-21(28)16-24(30)18(20)3/h8-9,17,21-25,28-31H,3,6-7,10-16H2,1-2,4-5H3/b19-8+,20-9-/t21-,22+,23+,24+,25+,26+,27+/m1/s1. The van der Waals surface area contributed by atoms with E-state index in [1.165, 1.54) is 5.57 Å². The molecule has 4 heteroatoms. The molecule has 0 bridgehead atoms. The van der Waals surface area contributed by atoms with Crippen LogP contribution in [0.5, 0.6) is 0 Å². The lowest BCUT2D eigenvalue weighted by Gasteiger charge is -2.47. The van der Waals surface area contributed by atoms with Crippen molar-refractivity contribution in [1.29, 1.82) is 0 Å². The van der Waals surface area contributed by atoms with Gasteiger partial charge in [-0.2, -0.15) is 0 Å². The largest absolute Gasteiger partial charge is 0.393 e. The summed E-state index contributed by atoms with van der Waals surface area (Å²) in [6.07, 6.45) is 10.4. The molecule has 0 aromatic carbocycles. The molecule has 3 fully saturated rings. The first-order chi connectivity index (χ1) is 14.5.